The molecule has 0 saturated carbocycles. The molecule has 1 aliphatic rings. The van der Waals surface area contributed by atoms with Crippen molar-refractivity contribution in [2.24, 2.45) is 0 Å². The molecule has 3 rings (SSSR count). The summed E-state index contributed by atoms with van der Waals surface area (Å²) in [5.41, 5.74) is 1.22. The second kappa shape index (κ2) is 10.4. The van der Waals surface area contributed by atoms with Crippen LogP contribution in [0.25, 0.3) is 0 Å². The summed E-state index contributed by atoms with van der Waals surface area (Å²) in [6, 6.07) is 18.7. The van der Waals surface area contributed by atoms with Crippen LogP contribution < -0.4 is 10.1 Å². The first kappa shape index (κ1) is 19.8. The number of hydrogen-bond donors (Lipinski definition) is 1. The van der Waals surface area contributed by atoms with Gasteiger partial charge in [-0.1, -0.05) is 36.4 Å². The summed E-state index contributed by atoms with van der Waals surface area (Å²) in [4.78, 5) is 15.9. The monoisotopic (exact) mass is 384 g/mol. The van der Waals surface area contributed by atoms with Crippen molar-refractivity contribution in [2.45, 2.75) is 36.7 Å². The van der Waals surface area contributed by atoms with Gasteiger partial charge in [0.2, 0.25) is 5.91 Å². The van der Waals surface area contributed by atoms with E-state index in [4.69, 9.17) is 4.74 Å². The molecule has 5 heteroatoms. The highest BCUT2D eigenvalue weighted by Crippen LogP contribution is 2.22. The molecule has 1 N–H and O–H groups in total. The van der Waals surface area contributed by atoms with Gasteiger partial charge in [0.1, 0.15) is 5.75 Å². The van der Waals surface area contributed by atoms with E-state index in [1.54, 1.807) is 18.9 Å². The molecule has 1 amide bonds. The Balaban J connectivity index is 1.36. The lowest BCUT2D eigenvalue weighted by Crippen LogP contribution is -2.44. The van der Waals surface area contributed by atoms with Crippen LogP contribution in [-0.2, 0) is 11.3 Å². The summed E-state index contributed by atoms with van der Waals surface area (Å²) in [5.74, 6) is 1.94. The largest absolute Gasteiger partial charge is 0.496 e. The smallest absolute Gasteiger partial charge is 0.221 e. The van der Waals surface area contributed by atoms with Crippen LogP contribution in [0.2, 0.25) is 0 Å². The van der Waals surface area contributed by atoms with Gasteiger partial charge in [0, 0.05) is 48.3 Å². The number of likely N-dealkylation sites (tertiary alicyclic amines) is 1. The topological polar surface area (TPSA) is 41.6 Å². The highest BCUT2D eigenvalue weighted by atomic mass is 32.2. The SMILES string of the molecule is COc1ccccc1CN1CCC(NC(=O)CCSc2ccccc2)CC1. The van der Waals surface area contributed by atoms with E-state index in [1.807, 2.05) is 30.3 Å². The van der Waals surface area contributed by atoms with Crippen LogP contribution in [0.1, 0.15) is 24.8 Å². The van der Waals surface area contributed by atoms with Gasteiger partial charge < -0.3 is 10.1 Å². The molecule has 2 aromatic rings. The molecule has 0 spiro atoms. The summed E-state index contributed by atoms with van der Waals surface area (Å²) in [6.45, 7) is 2.90. The summed E-state index contributed by atoms with van der Waals surface area (Å²) in [7, 11) is 1.72. The van der Waals surface area contributed by atoms with Crippen molar-refractivity contribution >= 4 is 17.7 Å². The number of carbonyl (C=O) groups excluding carboxylic acids is 1. The molecular weight excluding hydrogens is 356 g/mol. The molecule has 0 aliphatic carbocycles. The van der Waals surface area contributed by atoms with Crippen LogP contribution >= 0.6 is 11.8 Å². The third-order valence-electron chi connectivity index (χ3n) is 4.88. The van der Waals surface area contributed by atoms with Crippen LogP contribution in [0.5, 0.6) is 5.75 Å². The van der Waals surface area contributed by atoms with Crippen molar-refractivity contribution in [3.63, 3.8) is 0 Å². The minimum atomic E-state index is 0.168. The molecule has 1 aliphatic heterocycles. The van der Waals surface area contributed by atoms with E-state index in [2.05, 4.69) is 34.5 Å². The number of benzene rings is 2. The third kappa shape index (κ3) is 6.29. The molecule has 0 radical (unpaired) electrons. The minimum absolute atomic E-state index is 0.168. The Hall–Kier alpha value is -1.98. The van der Waals surface area contributed by atoms with E-state index >= 15 is 0 Å². The number of nitrogens with zero attached hydrogens (tertiary/aromatic N) is 1. The number of para-hydroxylation sites is 1. The summed E-state index contributed by atoms with van der Waals surface area (Å²) in [6.07, 6.45) is 2.58. The predicted molar refractivity (Wildman–Crippen MR) is 111 cm³/mol. The quantitative estimate of drug-likeness (QED) is 0.700. The molecule has 2 aromatic carbocycles. The Bertz CT molecular complexity index is 715. The van der Waals surface area contributed by atoms with Gasteiger partial charge in [-0.15, -0.1) is 11.8 Å². The van der Waals surface area contributed by atoms with Crippen LogP contribution in [0.4, 0.5) is 0 Å². The van der Waals surface area contributed by atoms with E-state index in [9.17, 15) is 4.79 Å². The fourth-order valence-electron chi connectivity index (χ4n) is 3.39. The third-order valence-corrected chi connectivity index (χ3v) is 5.89. The maximum Gasteiger partial charge on any atom is 0.221 e. The number of nitrogens with one attached hydrogen (secondary N) is 1. The minimum Gasteiger partial charge on any atom is -0.496 e. The average Bonchev–Trinajstić information content (AvgIpc) is 2.71. The van der Waals surface area contributed by atoms with Crippen molar-refractivity contribution in [2.75, 3.05) is 26.0 Å². The molecule has 0 unspecified atom stereocenters. The Morgan fingerprint density at radius 1 is 1.11 bits per heavy atom. The van der Waals surface area contributed by atoms with Gasteiger partial charge in [-0.2, -0.15) is 0 Å². The predicted octanol–water partition coefficient (Wildman–Crippen LogP) is 3.96. The lowest BCUT2D eigenvalue weighted by molar-refractivity contribution is -0.121. The van der Waals surface area contributed by atoms with Crippen molar-refractivity contribution in [1.29, 1.82) is 0 Å². The second-order valence-electron chi connectivity index (χ2n) is 6.84. The first-order chi connectivity index (χ1) is 13.2. The van der Waals surface area contributed by atoms with Crippen molar-refractivity contribution < 1.29 is 9.53 Å². The number of amides is 1. The molecule has 27 heavy (non-hydrogen) atoms. The summed E-state index contributed by atoms with van der Waals surface area (Å²) >= 11 is 1.73. The van der Waals surface area contributed by atoms with Gasteiger partial charge in [0.15, 0.2) is 0 Å². The molecule has 0 aromatic heterocycles. The summed E-state index contributed by atoms with van der Waals surface area (Å²) < 4.78 is 5.44. The molecule has 1 fully saturated rings. The fourth-order valence-corrected chi connectivity index (χ4v) is 4.26. The maximum atomic E-state index is 12.2. The molecular formula is C22H28N2O2S. The number of piperidine rings is 1. The van der Waals surface area contributed by atoms with E-state index in [0.29, 0.717) is 12.5 Å². The van der Waals surface area contributed by atoms with Crippen molar-refractivity contribution in [3.8, 4) is 5.75 Å². The van der Waals surface area contributed by atoms with E-state index in [1.165, 1.54) is 10.5 Å². The number of thioether (sulfide) groups is 1. The van der Waals surface area contributed by atoms with Crippen molar-refractivity contribution in [1.82, 2.24) is 10.2 Å². The van der Waals surface area contributed by atoms with E-state index < -0.39 is 0 Å². The van der Waals surface area contributed by atoms with Crippen LogP contribution in [-0.4, -0.2) is 42.8 Å². The lowest BCUT2D eigenvalue weighted by atomic mass is 10.0. The first-order valence-electron chi connectivity index (χ1n) is 9.56. The number of ether oxygens (including phenoxy) is 1. The zero-order chi connectivity index (χ0) is 18.9. The molecule has 0 atom stereocenters. The zero-order valence-corrected chi connectivity index (χ0v) is 16.7. The van der Waals surface area contributed by atoms with Gasteiger partial charge in [0.05, 0.1) is 7.11 Å². The van der Waals surface area contributed by atoms with Crippen LogP contribution in [0.3, 0.4) is 0 Å². The van der Waals surface area contributed by atoms with Crippen LogP contribution in [0.15, 0.2) is 59.5 Å². The maximum absolute atomic E-state index is 12.2. The second-order valence-corrected chi connectivity index (χ2v) is 8.01. The number of rotatable bonds is 8. The summed E-state index contributed by atoms with van der Waals surface area (Å²) in [5, 5.41) is 3.21. The molecule has 4 nitrogen and oxygen atoms in total. The number of hydrogen-bond acceptors (Lipinski definition) is 4. The number of carbonyl (C=O) groups is 1. The fraction of sp³-hybridized carbons (Fsp3) is 0.409. The molecule has 144 valence electrons. The molecule has 1 heterocycles. The zero-order valence-electron chi connectivity index (χ0n) is 15.9. The van der Waals surface area contributed by atoms with Gasteiger partial charge >= 0.3 is 0 Å². The Morgan fingerprint density at radius 3 is 2.56 bits per heavy atom. The van der Waals surface area contributed by atoms with E-state index in [-0.39, 0.29) is 5.91 Å². The van der Waals surface area contributed by atoms with Gasteiger partial charge in [-0.25, -0.2) is 0 Å². The first-order valence-corrected chi connectivity index (χ1v) is 10.5. The van der Waals surface area contributed by atoms with Gasteiger partial charge in [-0.3, -0.25) is 9.69 Å². The van der Waals surface area contributed by atoms with Crippen LogP contribution in [0, 0.1) is 0 Å². The highest BCUT2D eigenvalue weighted by Gasteiger charge is 2.21. The normalized spacial score (nSPS) is 15.4. The lowest BCUT2D eigenvalue weighted by Gasteiger charge is -2.32. The van der Waals surface area contributed by atoms with Gasteiger partial charge in [0.25, 0.3) is 0 Å². The Kier molecular flexibility index (Phi) is 7.60. The molecule has 0 bridgehead atoms. The van der Waals surface area contributed by atoms with Crippen molar-refractivity contribution in [3.05, 3.63) is 60.2 Å². The average molecular weight is 385 g/mol. The molecule has 1 saturated heterocycles. The Labute approximate surface area is 166 Å². The van der Waals surface area contributed by atoms with E-state index in [0.717, 1.165) is 44.0 Å². The Morgan fingerprint density at radius 2 is 1.81 bits per heavy atom. The highest BCUT2D eigenvalue weighted by molar-refractivity contribution is 7.99. The standard InChI is InChI=1S/C22H28N2O2S/c1-26-21-10-6-5-7-18(21)17-24-14-11-19(12-15-24)23-22(25)13-16-27-20-8-3-2-4-9-20/h2-10,19H,11-17H2,1H3,(H,23,25). The van der Waals surface area contributed by atoms with Gasteiger partial charge in [-0.05, 0) is 31.0 Å². The number of methoxy groups -OCH3 is 1.